The van der Waals surface area contributed by atoms with E-state index in [-0.39, 0.29) is 11.8 Å². The third-order valence-corrected chi connectivity index (χ3v) is 6.79. The Labute approximate surface area is 197 Å². The zero-order valence-corrected chi connectivity index (χ0v) is 19.0. The molecule has 6 nitrogen and oxygen atoms in total. The van der Waals surface area contributed by atoms with E-state index < -0.39 is 0 Å². The second-order valence-corrected chi connectivity index (χ2v) is 9.00. The lowest BCUT2D eigenvalue weighted by Crippen LogP contribution is -2.43. The fourth-order valence-electron chi connectivity index (χ4n) is 4.11. The lowest BCUT2D eigenvalue weighted by molar-refractivity contribution is -0.125. The van der Waals surface area contributed by atoms with E-state index >= 15 is 0 Å². The summed E-state index contributed by atoms with van der Waals surface area (Å²) < 4.78 is 0. The van der Waals surface area contributed by atoms with E-state index in [1.165, 1.54) is 0 Å². The normalized spacial score (nSPS) is 15.9. The summed E-state index contributed by atoms with van der Waals surface area (Å²) in [6.45, 7) is 2.00. The highest BCUT2D eigenvalue weighted by Crippen LogP contribution is 2.26. The van der Waals surface area contributed by atoms with Crippen LogP contribution < -0.4 is 10.2 Å². The molecule has 0 saturated carbocycles. The van der Waals surface area contributed by atoms with Crippen LogP contribution in [-0.2, 0) is 11.3 Å². The fraction of sp³-hybridized carbons (Fsp3) is 0.231. The Morgan fingerprint density at radius 1 is 1.03 bits per heavy atom. The fourth-order valence-corrected chi connectivity index (χ4v) is 4.94. The summed E-state index contributed by atoms with van der Waals surface area (Å²) in [4.78, 5) is 28.7. The molecule has 166 valence electrons. The van der Waals surface area contributed by atoms with Gasteiger partial charge < -0.3 is 10.2 Å². The van der Waals surface area contributed by atoms with Crippen LogP contribution in [0.15, 0.2) is 78.4 Å². The van der Waals surface area contributed by atoms with E-state index in [0.29, 0.717) is 13.1 Å². The second-order valence-electron chi connectivity index (χ2n) is 8.14. The summed E-state index contributed by atoms with van der Waals surface area (Å²) in [6, 6.07) is 22.2. The van der Waals surface area contributed by atoms with E-state index in [1.54, 1.807) is 17.7 Å². The number of anilines is 1. The molecule has 1 amide bonds. The van der Waals surface area contributed by atoms with Crippen molar-refractivity contribution in [1.29, 1.82) is 0 Å². The molecule has 0 aliphatic carbocycles. The van der Waals surface area contributed by atoms with Gasteiger partial charge in [0.05, 0.1) is 23.9 Å². The molecule has 2 aromatic carbocycles. The van der Waals surface area contributed by atoms with E-state index in [9.17, 15) is 4.79 Å². The Morgan fingerprint density at radius 2 is 1.79 bits per heavy atom. The zero-order chi connectivity index (χ0) is 22.5. The van der Waals surface area contributed by atoms with Crippen LogP contribution in [0.3, 0.4) is 0 Å². The minimum absolute atomic E-state index is 0.0684. The predicted octanol–water partition coefficient (Wildman–Crippen LogP) is 4.80. The van der Waals surface area contributed by atoms with Crippen LogP contribution >= 0.6 is 11.3 Å². The number of nitrogens with zero attached hydrogens (tertiary/aromatic N) is 4. The molecule has 0 spiro atoms. The minimum atomic E-state index is -0.0684. The summed E-state index contributed by atoms with van der Waals surface area (Å²) in [6.07, 6.45) is 3.44. The number of carbonyl (C=O) groups is 1. The topological polar surface area (TPSA) is 71.0 Å². The maximum absolute atomic E-state index is 12.9. The van der Waals surface area contributed by atoms with Crippen molar-refractivity contribution in [2.24, 2.45) is 5.92 Å². The number of nitrogens with one attached hydrogen (secondary N) is 1. The minimum Gasteiger partial charge on any atom is -0.356 e. The number of benzene rings is 2. The molecule has 1 fully saturated rings. The number of carbonyl (C=O) groups excluding carboxylic acids is 1. The second kappa shape index (κ2) is 9.92. The number of piperidine rings is 1. The van der Waals surface area contributed by atoms with Crippen LogP contribution in [0.4, 0.5) is 5.82 Å². The number of hydrogen-bond donors (Lipinski definition) is 1. The molecular formula is C26H25N5OS. The molecule has 1 N–H and O–H groups in total. The summed E-state index contributed by atoms with van der Waals surface area (Å²) >= 11 is 1.60. The van der Waals surface area contributed by atoms with Crippen LogP contribution in [0, 0.1) is 5.92 Å². The molecule has 2 aromatic heterocycles. The first-order valence-corrected chi connectivity index (χ1v) is 12.0. The quantitative estimate of drug-likeness (QED) is 0.452. The van der Waals surface area contributed by atoms with Gasteiger partial charge in [0.2, 0.25) is 5.91 Å². The van der Waals surface area contributed by atoms with Crippen LogP contribution in [0.1, 0.15) is 18.5 Å². The standard InChI is InChI=1S/C26H25N5OS/c32-25(27-15-22-17-33-26(30-22)20-10-5-2-6-11-20)21-12-7-13-31(16-21)24-14-23(28-18-29-24)19-8-3-1-4-9-19/h1-6,8-11,14,17-18,21H,7,12-13,15-16H2,(H,27,32). The van der Waals surface area contributed by atoms with Crippen LogP contribution in [0.25, 0.3) is 21.8 Å². The molecule has 0 radical (unpaired) electrons. The van der Waals surface area contributed by atoms with Crippen molar-refractivity contribution >= 4 is 23.1 Å². The number of rotatable bonds is 6. The molecule has 4 aromatic rings. The van der Waals surface area contributed by atoms with Gasteiger partial charge in [-0.3, -0.25) is 4.79 Å². The highest BCUT2D eigenvalue weighted by atomic mass is 32.1. The van der Waals surface area contributed by atoms with Crippen molar-refractivity contribution in [3.63, 3.8) is 0 Å². The van der Waals surface area contributed by atoms with Crippen molar-refractivity contribution < 1.29 is 4.79 Å². The molecular weight excluding hydrogens is 430 g/mol. The van der Waals surface area contributed by atoms with Crippen LogP contribution in [0.2, 0.25) is 0 Å². The van der Waals surface area contributed by atoms with Crippen molar-refractivity contribution in [3.8, 4) is 21.8 Å². The maximum Gasteiger partial charge on any atom is 0.225 e. The van der Waals surface area contributed by atoms with E-state index in [1.807, 2.05) is 72.1 Å². The van der Waals surface area contributed by atoms with Gasteiger partial charge in [-0.2, -0.15) is 0 Å². The molecule has 1 saturated heterocycles. The van der Waals surface area contributed by atoms with Crippen molar-refractivity contribution in [1.82, 2.24) is 20.3 Å². The third-order valence-electron chi connectivity index (χ3n) is 5.85. The average molecular weight is 456 g/mol. The van der Waals surface area contributed by atoms with Gasteiger partial charge in [-0.25, -0.2) is 15.0 Å². The van der Waals surface area contributed by atoms with Gasteiger partial charge in [-0.1, -0.05) is 60.7 Å². The highest BCUT2D eigenvalue weighted by molar-refractivity contribution is 7.13. The van der Waals surface area contributed by atoms with Gasteiger partial charge in [-0.05, 0) is 12.8 Å². The number of thiazole rings is 1. The average Bonchev–Trinajstić information content (AvgIpc) is 3.38. The summed E-state index contributed by atoms with van der Waals surface area (Å²) in [7, 11) is 0. The molecule has 1 atom stereocenters. The Balaban J connectivity index is 1.21. The molecule has 3 heterocycles. The molecule has 1 unspecified atom stereocenters. The van der Waals surface area contributed by atoms with E-state index in [4.69, 9.17) is 0 Å². The molecule has 0 bridgehead atoms. The van der Waals surface area contributed by atoms with Crippen molar-refractivity contribution in [3.05, 3.63) is 84.1 Å². The predicted molar refractivity (Wildman–Crippen MR) is 132 cm³/mol. The van der Waals surface area contributed by atoms with Gasteiger partial charge in [0.15, 0.2) is 0 Å². The van der Waals surface area contributed by atoms with Crippen molar-refractivity contribution in [2.75, 3.05) is 18.0 Å². The van der Waals surface area contributed by atoms with Gasteiger partial charge in [0.1, 0.15) is 17.2 Å². The summed E-state index contributed by atoms with van der Waals surface area (Å²) in [5.74, 6) is 0.876. The van der Waals surface area contributed by atoms with E-state index in [0.717, 1.165) is 52.7 Å². The molecule has 7 heteroatoms. The lowest BCUT2D eigenvalue weighted by Gasteiger charge is -2.32. The SMILES string of the molecule is O=C(NCc1csc(-c2ccccc2)n1)C1CCCN(c2cc(-c3ccccc3)ncn2)C1. The van der Waals surface area contributed by atoms with Gasteiger partial charge in [0.25, 0.3) is 0 Å². The van der Waals surface area contributed by atoms with Crippen LogP contribution in [0.5, 0.6) is 0 Å². The Kier molecular flexibility index (Phi) is 6.39. The first-order chi connectivity index (χ1) is 16.3. The van der Waals surface area contributed by atoms with Gasteiger partial charge >= 0.3 is 0 Å². The number of amides is 1. The third kappa shape index (κ3) is 5.09. The summed E-state index contributed by atoms with van der Waals surface area (Å²) in [5.41, 5.74) is 3.95. The smallest absolute Gasteiger partial charge is 0.225 e. The van der Waals surface area contributed by atoms with Crippen molar-refractivity contribution in [2.45, 2.75) is 19.4 Å². The number of hydrogen-bond acceptors (Lipinski definition) is 6. The summed E-state index contributed by atoms with van der Waals surface area (Å²) in [5, 5.41) is 6.08. The maximum atomic E-state index is 12.9. The van der Waals surface area contributed by atoms with Gasteiger partial charge in [0, 0.05) is 35.7 Å². The Morgan fingerprint density at radius 3 is 2.58 bits per heavy atom. The van der Waals surface area contributed by atoms with Gasteiger partial charge in [-0.15, -0.1) is 11.3 Å². The van der Waals surface area contributed by atoms with Crippen LogP contribution in [-0.4, -0.2) is 33.9 Å². The monoisotopic (exact) mass is 455 g/mol. The molecule has 5 rings (SSSR count). The first-order valence-electron chi connectivity index (χ1n) is 11.2. The molecule has 1 aliphatic heterocycles. The molecule has 1 aliphatic rings. The lowest BCUT2D eigenvalue weighted by atomic mass is 9.97. The zero-order valence-electron chi connectivity index (χ0n) is 18.2. The molecule has 33 heavy (non-hydrogen) atoms. The Hall–Kier alpha value is -3.58. The Bertz CT molecular complexity index is 1210. The largest absolute Gasteiger partial charge is 0.356 e. The highest BCUT2D eigenvalue weighted by Gasteiger charge is 2.26. The van der Waals surface area contributed by atoms with E-state index in [2.05, 4.69) is 25.2 Å². The number of aromatic nitrogens is 3. The first kappa shape index (κ1) is 21.3.